The molecule has 2 heterocycles. The predicted octanol–water partition coefficient (Wildman–Crippen LogP) is 7.22. The van der Waals surface area contributed by atoms with Crippen LogP contribution < -0.4 is 5.32 Å². The molecule has 2 aliphatic rings. The number of nitrogens with one attached hydrogen (secondary N) is 1. The largest absolute Gasteiger partial charge is 0.377 e. The zero-order valence-corrected chi connectivity index (χ0v) is 22.8. The van der Waals surface area contributed by atoms with Gasteiger partial charge in [0.15, 0.2) is 0 Å². The van der Waals surface area contributed by atoms with Crippen molar-refractivity contribution >= 4 is 17.0 Å². The summed E-state index contributed by atoms with van der Waals surface area (Å²) < 4.78 is 6.18. The van der Waals surface area contributed by atoms with Gasteiger partial charge in [-0.2, -0.15) is 5.26 Å². The van der Waals surface area contributed by atoms with Crippen molar-refractivity contribution in [3.63, 3.8) is 0 Å². The average molecular weight is 546 g/mol. The molecule has 2 aliphatic heterocycles. The second-order valence-corrected chi connectivity index (χ2v) is 10.7. The van der Waals surface area contributed by atoms with Crippen molar-refractivity contribution in [3.05, 3.63) is 108 Å². The van der Waals surface area contributed by atoms with Gasteiger partial charge in [0, 0.05) is 18.7 Å². The fourth-order valence-corrected chi connectivity index (χ4v) is 6.57. The Hall–Kier alpha value is -2.45. The molecular weight excluding hydrogens is 508 g/mol. The second kappa shape index (κ2) is 11.7. The summed E-state index contributed by atoms with van der Waals surface area (Å²) in [4.78, 5) is 0. The molecule has 2 saturated heterocycles. The van der Waals surface area contributed by atoms with Crippen LogP contribution >= 0.6 is 17.0 Å². The molecule has 4 heteroatoms. The van der Waals surface area contributed by atoms with Crippen molar-refractivity contribution in [1.29, 1.82) is 5.26 Å². The zero-order chi connectivity index (χ0) is 24.1. The van der Waals surface area contributed by atoms with E-state index in [0.717, 1.165) is 37.0 Å². The SMILES string of the molecule is Br.CC1(CCOCc2ccccc2)C(CC(C#N)(c2ccccc2)c2ccccc2)C[C@@H]2CC[C@H]1N2. The molecule has 5 rings (SSSR count). The van der Waals surface area contributed by atoms with E-state index in [1.54, 1.807) is 0 Å². The third-order valence-corrected chi connectivity index (χ3v) is 8.71. The van der Waals surface area contributed by atoms with Crippen molar-refractivity contribution in [2.45, 2.75) is 63.1 Å². The molecular formula is C32H37BrN2O. The van der Waals surface area contributed by atoms with Crippen LogP contribution in [0.4, 0.5) is 0 Å². The minimum atomic E-state index is -0.657. The Bertz CT molecular complexity index is 1090. The third kappa shape index (κ3) is 5.30. The maximum atomic E-state index is 10.8. The van der Waals surface area contributed by atoms with Crippen LogP contribution in [0.25, 0.3) is 0 Å². The van der Waals surface area contributed by atoms with Crippen molar-refractivity contribution < 1.29 is 4.74 Å². The molecule has 3 nitrogen and oxygen atoms in total. The van der Waals surface area contributed by atoms with Gasteiger partial charge in [-0.3, -0.25) is 0 Å². The topological polar surface area (TPSA) is 45.0 Å². The maximum Gasteiger partial charge on any atom is 0.107 e. The summed E-state index contributed by atoms with van der Waals surface area (Å²) in [7, 11) is 0. The van der Waals surface area contributed by atoms with Crippen molar-refractivity contribution in [1.82, 2.24) is 5.32 Å². The maximum absolute atomic E-state index is 10.8. The number of rotatable bonds is 9. The van der Waals surface area contributed by atoms with Crippen LogP contribution in [-0.4, -0.2) is 18.7 Å². The normalized spacial score (nSPS) is 25.1. The molecule has 4 atom stereocenters. The Morgan fingerprint density at radius 2 is 1.50 bits per heavy atom. The smallest absolute Gasteiger partial charge is 0.107 e. The van der Waals surface area contributed by atoms with Crippen LogP contribution in [0.5, 0.6) is 0 Å². The van der Waals surface area contributed by atoms with E-state index in [2.05, 4.69) is 91.1 Å². The van der Waals surface area contributed by atoms with Crippen LogP contribution in [0, 0.1) is 22.7 Å². The molecule has 1 N–H and O–H groups in total. The molecule has 0 amide bonds. The first-order valence-corrected chi connectivity index (χ1v) is 13.0. The predicted molar refractivity (Wildman–Crippen MR) is 151 cm³/mol. The van der Waals surface area contributed by atoms with E-state index in [-0.39, 0.29) is 22.4 Å². The van der Waals surface area contributed by atoms with Crippen LogP contribution in [0.2, 0.25) is 0 Å². The van der Waals surface area contributed by atoms with Crippen LogP contribution in [0.1, 0.15) is 55.7 Å². The molecule has 36 heavy (non-hydrogen) atoms. The second-order valence-electron chi connectivity index (χ2n) is 10.7. The standard InChI is InChI=1S/C32H36N2O.BrH/c1-31(19-20-35-23-25-11-5-2-6-12-25)28(21-29-17-18-30(31)34-29)22-32(24-33,26-13-7-3-8-14-26)27-15-9-4-10-16-27;/h2-16,28-30,34H,17-23H2,1H3;1H/t28?,29-,30+,31?;/m0./s1. The van der Waals surface area contributed by atoms with Gasteiger partial charge in [-0.1, -0.05) is 97.9 Å². The van der Waals surface area contributed by atoms with Gasteiger partial charge in [0.25, 0.3) is 0 Å². The van der Waals surface area contributed by atoms with Gasteiger partial charge in [-0.15, -0.1) is 17.0 Å². The molecule has 0 aliphatic carbocycles. The molecule has 0 saturated carbocycles. The Kier molecular flexibility index (Phi) is 8.67. The zero-order valence-electron chi connectivity index (χ0n) is 21.1. The Balaban J connectivity index is 0.00000304. The number of hydrogen-bond donors (Lipinski definition) is 1. The quantitative estimate of drug-likeness (QED) is 0.289. The number of ether oxygens (including phenoxy) is 1. The van der Waals surface area contributed by atoms with Crippen molar-refractivity contribution in [2.24, 2.45) is 11.3 Å². The van der Waals surface area contributed by atoms with Gasteiger partial charge in [0.1, 0.15) is 5.41 Å². The molecule has 0 spiro atoms. The average Bonchev–Trinajstić information content (AvgIpc) is 3.35. The molecule has 3 aromatic carbocycles. The van der Waals surface area contributed by atoms with Crippen LogP contribution in [0.15, 0.2) is 91.0 Å². The van der Waals surface area contributed by atoms with E-state index in [1.807, 2.05) is 18.2 Å². The summed E-state index contributed by atoms with van der Waals surface area (Å²) in [5, 5.41) is 14.7. The summed E-state index contributed by atoms with van der Waals surface area (Å²) in [5.41, 5.74) is 2.84. The minimum Gasteiger partial charge on any atom is -0.377 e. The van der Waals surface area contributed by atoms with E-state index >= 15 is 0 Å². The van der Waals surface area contributed by atoms with Gasteiger partial charge < -0.3 is 10.1 Å². The summed E-state index contributed by atoms with van der Waals surface area (Å²) in [6, 6.07) is 35.1. The molecule has 2 bridgehead atoms. The number of fused-ring (bicyclic) bond motifs is 2. The summed E-state index contributed by atoms with van der Waals surface area (Å²) >= 11 is 0. The third-order valence-electron chi connectivity index (χ3n) is 8.71. The lowest BCUT2D eigenvalue weighted by Crippen LogP contribution is -2.54. The van der Waals surface area contributed by atoms with E-state index in [1.165, 1.54) is 18.4 Å². The summed E-state index contributed by atoms with van der Waals surface area (Å²) in [6.07, 6.45) is 5.40. The number of nitriles is 1. The van der Waals surface area contributed by atoms with E-state index in [9.17, 15) is 5.26 Å². The van der Waals surface area contributed by atoms with Gasteiger partial charge >= 0.3 is 0 Å². The number of halogens is 1. The highest BCUT2D eigenvalue weighted by Gasteiger charge is 2.52. The number of nitrogens with zero attached hydrogens (tertiary/aromatic N) is 1. The Labute approximate surface area is 226 Å². The molecule has 188 valence electrons. The first kappa shape index (κ1) is 26.6. The lowest BCUT2D eigenvalue weighted by atomic mass is 9.59. The summed E-state index contributed by atoms with van der Waals surface area (Å²) in [5.74, 6) is 0.432. The van der Waals surface area contributed by atoms with Crippen molar-refractivity contribution in [3.8, 4) is 6.07 Å². The van der Waals surface area contributed by atoms with Gasteiger partial charge in [0.2, 0.25) is 0 Å². The van der Waals surface area contributed by atoms with E-state index < -0.39 is 5.41 Å². The highest BCUT2D eigenvalue weighted by molar-refractivity contribution is 8.93. The molecule has 0 aromatic heterocycles. The highest BCUT2D eigenvalue weighted by atomic mass is 79.9. The molecule has 3 aromatic rings. The first-order valence-electron chi connectivity index (χ1n) is 13.0. The fourth-order valence-electron chi connectivity index (χ4n) is 6.57. The van der Waals surface area contributed by atoms with Gasteiger partial charge in [-0.05, 0) is 60.1 Å². The van der Waals surface area contributed by atoms with E-state index in [0.29, 0.717) is 24.6 Å². The Morgan fingerprint density at radius 1 is 0.917 bits per heavy atom. The minimum absolute atomic E-state index is 0. The highest BCUT2D eigenvalue weighted by Crippen LogP contribution is 2.52. The lowest BCUT2D eigenvalue weighted by molar-refractivity contribution is 0.0146. The molecule has 0 radical (unpaired) electrons. The molecule has 2 unspecified atom stereocenters. The van der Waals surface area contributed by atoms with Crippen LogP contribution in [0.3, 0.4) is 0 Å². The lowest BCUT2D eigenvalue weighted by Gasteiger charge is -2.49. The Morgan fingerprint density at radius 3 is 2.08 bits per heavy atom. The fraction of sp³-hybridized carbons (Fsp3) is 0.406. The number of hydrogen-bond acceptors (Lipinski definition) is 3. The van der Waals surface area contributed by atoms with Gasteiger partial charge in [0.05, 0.1) is 12.7 Å². The first-order chi connectivity index (χ1) is 17.1. The molecule has 2 fully saturated rings. The van der Waals surface area contributed by atoms with E-state index in [4.69, 9.17) is 4.74 Å². The van der Waals surface area contributed by atoms with Crippen molar-refractivity contribution in [2.75, 3.05) is 6.61 Å². The van der Waals surface area contributed by atoms with Gasteiger partial charge in [-0.25, -0.2) is 0 Å². The number of piperidine rings is 1. The van der Waals surface area contributed by atoms with Crippen LogP contribution in [-0.2, 0) is 16.8 Å². The summed E-state index contributed by atoms with van der Waals surface area (Å²) in [6.45, 7) is 3.83. The monoisotopic (exact) mass is 544 g/mol. The number of benzene rings is 3.